The summed E-state index contributed by atoms with van der Waals surface area (Å²) in [4.78, 5) is 0. The van der Waals surface area contributed by atoms with E-state index in [0.29, 0.717) is 5.92 Å². The van der Waals surface area contributed by atoms with Gasteiger partial charge in [0, 0.05) is 26.9 Å². The second-order valence-electron chi connectivity index (χ2n) is 5.01. The minimum atomic E-state index is 0.247. The predicted octanol–water partition coefficient (Wildman–Crippen LogP) is 1.84. The maximum Gasteiger partial charge on any atom is 0.0765 e. The third-order valence-electron chi connectivity index (χ3n) is 3.86. The van der Waals surface area contributed by atoms with Crippen LogP contribution in [0.5, 0.6) is 0 Å². The quantitative estimate of drug-likeness (QED) is 0.388. The molecule has 0 aromatic rings. The molecule has 2 atom stereocenters. The normalized spacial score (nSPS) is 21.4. The Morgan fingerprint density at radius 3 is 2.47 bits per heavy atom. The van der Waals surface area contributed by atoms with Gasteiger partial charge < -0.3 is 9.47 Å². The molecule has 3 N–H and O–H groups in total. The van der Waals surface area contributed by atoms with Gasteiger partial charge in [0.1, 0.15) is 0 Å². The van der Waals surface area contributed by atoms with Gasteiger partial charge in [0.2, 0.25) is 0 Å². The van der Waals surface area contributed by atoms with Crippen LogP contribution in [-0.4, -0.2) is 33.0 Å². The summed E-state index contributed by atoms with van der Waals surface area (Å²) in [5.74, 6) is 6.33. The minimum Gasteiger partial charge on any atom is -0.385 e. The van der Waals surface area contributed by atoms with Crippen molar-refractivity contribution in [1.82, 2.24) is 5.43 Å². The van der Waals surface area contributed by atoms with Crippen molar-refractivity contribution < 1.29 is 9.47 Å². The predicted molar refractivity (Wildman–Crippen MR) is 69.6 cm³/mol. The average Bonchev–Trinajstić information content (AvgIpc) is 2.39. The van der Waals surface area contributed by atoms with E-state index >= 15 is 0 Å². The molecule has 1 fully saturated rings. The molecule has 17 heavy (non-hydrogen) atoms. The highest BCUT2D eigenvalue weighted by Gasteiger charge is 2.29. The van der Waals surface area contributed by atoms with Crippen LogP contribution < -0.4 is 11.3 Å². The topological polar surface area (TPSA) is 56.5 Å². The summed E-state index contributed by atoms with van der Waals surface area (Å²) in [6, 6.07) is 0.248. The van der Waals surface area contributed by atoms with Crippen LogP contribution in [0, 0.1) is 5.92 Å². The van der Waals surface area contributed by atoms with Gasteiger partial charge in [0.25, 0.3) is 0 Å². The van der Waals surface area contributed by atoms with Gasteiger partial charge in [-0.25, -0.2) is 0 Å². The molecule has 1 aliphatic rings. The highest BCUT2D eigenvalue weighted by atomic mass is 16.5. The molecule has 0 amide bonds. The number of rotatable bonds is 8. The fraction of sp³-hybridized carbons (Fsp3) is 1.00. The van der Waals surface area contributed by atoms with Crippen LogP contribution in [0.2, 0.25) is 0 Å². The first-order valence-electron chi connectivity index (χ1n) is 6.81. The van der Waals surface area contributed by atoms with E-state index in [2.05, 4.69) is 5.43 Å². The molecule has 102 valence electrons. The first-order chi connectivity index (χ1) is 8.33. The summed E-state index contributed by atoms with van der Waals surface area (Å²) in [5.41, 5.74) is 2.93. The highest BCUT2D eigenvalue weighted by molar-refractivity contribution is 4.83. The number of hydrogen-bond donors (Lipinski definition) is 2. The molecule has 2 unspecified atom stereocenters. The fourth-order valence-corrected chi connectivity index (χ4v) is 2.94. The summed E-state index contributed by atoms with van der Waals surface area (Å²) in [7, 11) is 3.54. The monoisotopic (exact) mass is 244 g/mol. The molecule has 0 bridgehead atoms. The maximum absolute atomic E-state index is 5.69. The minimum absolute atomic E-state index is 0.247. The molecule has 1 saturated carbocycles. The highest BCUT2D eigenvalue weighted by Crippen LogP contribution is 2.30. The van der Waals surface area contributed by atoms with Gasteiger partial charge in [-0.1, -0.05) is 19.3 Å². The average molecular weight is 244 g/mol. The first-order valence-corrected chi connectivity index (χ1v) is 6.81. The van der Waals surface area contributed by atoms with Gasteiger partial charge >= 0.3 is 0 Å². The fourth-order valence-electron chi connectivity index (χ4n) is 2.94. The lowest BCUT2D eigenvalue weighted by Crippen LogP contribution is -2.48. The lowest BCUT2D eigenvalue weighted by atomic mass is 9.81. The Labute approximate surface area is 105 Å². The Morgan fingerprint density at radius 1 is 1.24 bits per heavy atom. The first kappa shape index (κ1) is 14.9. The van der Waals surface area contributed by atoms with Crippen molar-refractivity contribution >= 4 is 0 Å². The van der Waals surface area contributed by atoms with Crippen molar-refractivity contribution in [3.8, 4) is 0 Å². The number of nitrogens with one attached hydrogen (secondary N) is 1. The lowest BCUT2D eigenvalue weighted by molar-refractivity contribution is 0.00411. The van der Waals surface area contributed by atoms with E-state index in [1.54, 1.807) is 14.2 Å². The van der Waals surface area contributed by atoms with Crippen molar-refractivity contribution in [2.45, 2.75) is 57.1 Å². The molecule has 1 rings (SSSR count). The lowest BCUT2D eigenvalue weighted by Gasteiger charge is -2.34. The Bertz CT molecular complexity index is 184. The second-order valence-corrected chi connectivity index (χ2v) is 5.01. The second kappa shape index (κ2) is 8.86. The van der Waals surface area contributed by atoms with Crippen LogP contribution in [0.25, 0.3) is 0 Å². The summed E-state index contributed by atoms with van der Waals surface area (Å²) in [6.45, 7) is 0.791. The van der Waals surface area contributed by atoms with Gasteiger partial charge in [0.05, 0.1) is 6.10 Å². The van der Waals surface area contributed by atoms with E-state index in [4.69, 9.17) is 15.3 Å². The largest absolute Gasteiger partial charge is 0.385 e. The van der Waals surface area contributed by atoms with Gasteiger partial charge in [-0.3, -0.25) is 11.3 Å². The van der Waals surface area contributed by atoms with Crippen molar-refractivity contribution in [1.29, 1.82) is 0 Å². The molecule has 0 aliphatic heterocycles. The Morgan fingerprint density at radius 2 is 1.94 bits per heavy atom. The van der Waals surface area contributed by atoms with Crippen molar-refractivity contribution in [3.05, 3.63) is 0 Å². The number of hydrazine groups is 1. The molecule has 0 spiro atoms. The zero-order valence-electron chi connectivity index (χ0n) is 11.3. The van der Waals surface area contributed by atoms with Gasteiger partial charge in [0.15, 0.2) is 0 Å². The van der Waals surface area contributed by atoms with E-state index in [1.807, 2.05) is 0 Å². The third kappa shape index (κ3) is 4.92. The standard InChI is InChI=1S/C13H28N2O2/c1-16-10-6-9-12(15-14)13(17-2)11-7-4-3-5-8-11/h11-13,15H,3-10,14H2,1-2H3. The zero-order chi connectivity index (χ0) is 12.5. The smallest absolute Gasteiger partial charge is 0.0765 e. The molecule has 0 heterocycles. The molecule has 0 saturated heterocycles. The van der Waals surface area contributed by atoms with Crippen molar-refractivity contribution in [3.63, 3.8) is 0 Å². The molecule has 4 nitrogen and oxygen atoms in total. The SMILES string of the molecule is COCCCC(NN)C(OC)C1CCCCC1. The van der Waals surface area contributed by atoms with Crippen LogP contribution in [0.3, 0.4) is 0 Å². The molecular weight excluding hydrogens is 216 g/mol. The maximum atomic E-state index is 5.69. The van der Waals surface area contributed by atoms with Crippen molar-refractivity contribution in [2.24, 2.45) is 11.8 Å². The number of ether oxygens (including phenoxy) is 2. The van der Waals surface area contributed by atoms with Crippen LogP contribution in [0.1, 0.15) is 44.9 Å². The number of hydrogen-bond acceptors (Lipinski definition) is 4. The molecule has 0 aromatic carbocycles. The molecule has 4 heteroatoms. The van der Waals surface area contributed by atoms with Crippen LogP contribution in [-0.2, 0) is 9.47 Å². The van der Waals surface area contributed by atoms with E-state index < -0.39 is 0 Å². The van der Waals surface area contributed by atoms with Gasteiger partial charge in [-0.15, -0.1) is 0 Å². The van der Waals surface area contributed by atoms with Gasteiger partial charge in [-0.2, -0.15) is 0 Å². The van der Waals surface area contributed by atoms with Crippen LogP contribution in [0.15, 0.2) is 0 Å². The molecule has 0 aromatic heterocycles. The summed E-state index contributed by atoms with van der Waals surface area (Å²) in [5, 5.41) is 0. The summed E-state index contributed by atoms with van der Waals surface area (Å²) in [6.07, 6.45) is 8.88. The molecule has 1 aliphatic carbocycles. The van der Waals surface area contributed by atoms with E-state index in [0.717, 1.165) is 19.4 Å². The van der Waals surface area contributed by atoms with Crippen LogP contribution >= 0.6 is 0 Å². The van der Waals surface area contributed by atoms with Crippen LogP contribution in [0.4, 0.5) is 0 Å². The Hall–Kier alpha value is -0.160. The number of methoxy groups -OCH3 is 2. The Kier molecular flexibility index (Phi) is 7.77. The van der Waals surface area contributed by atoms with E-state index in [9.17, 15) is 0 Å². The molecule has 0 radical (unpaired) electrons. The van der Waals surface area contributed by atoms with E-state index in [1.165, 1.54) is 32.1 Å². The molecular formula is C13H28N2O2. The van der Waals surface area contributed by atoms with E-state index in [-0.39, 0.29) is 12.1 Å². The van der Waals surface area contributed by atoms with Gasteiger partial charge in [-0.05, 0) is 31.6 Å². The zero-order valence-corrected chi connectivity index (χ0v) is 11.3. The summed E-state index contributed by atoms with van der Waals surface area (Å²) < 4.78 is 10.8. The van der Waals surface area contributed by atoms with Crippen molar-refractivity contribution in [2.75, 3.05) is 20.8 Å². The summed E-state index contributed by atoms with van der Waals surface area (Å²) >= 11 is 0. The third-order valence-corrected chi connectivity index (χ3v) is 3.86. The Balaban J connectivity index is 2.43. The number of nitrogens with two attached hydrogens (primary N) is 1.